The molecular formula is C21H20ClN. The molecular weight excluding hydrogens is 302 g/mol. The summed E-state index contributed by atoms with van der Waals surface area (Å²) in [5, 5.41) is 0.773. The molecule has 0 aliphatic carbocycles. The van der Waals surface area contributed by atoms with E-state index in [1.165, 1.54) is 11.1 Å². The van der Waals surface area contributed by atoms with Crippen molar-refractivity contribution in [3.8, 4) is 22.3 Å². The Morgan fingerprint density at radius 3 is 2.22 bits per heavy atom. The van der Waals surface area contributed by atoms with Gasteiger partial charge in [-0.05, 0) is 41.0 Å². The molecule has 23 heavy (non-hydrogen) atoms. The van der Waals surface area contributed by atoms with E-state index in [0.717, 1.165) is 21.8 Å². The average molecular weight is 322 g/mol. The van der Waals surface area contributed by atoms with Crippen LogP contribution in [0.1, 0.15) is 26.5 Å². The van der Waals surface area contributed by atoms with E-state index < -0.39 is 0 Å². The van der Waals surface area contributed by atoms with Crippen LogP contribution in [0.15, 0.2) is 66.9 Å². The highest BCUT2D eigenvalue weighted by Crippen LogP contribution is 2.32. The molecule has 2 heteroatoms. The standard InChI is InChI=1S/C21H20ClN/c1-21(2,3)20-14-16(11-12-23-20)15-7-6-8-17(13-15)18-9-4-5-10-19(18)22/h4-14H,1-3H3. The normalized spacial score (nSPS) is 11.5. The van der Waals surface area contributed by atoms with Gasteiger partial charge in [-0.1, -0.05) is 68.8 Å². The van der Waals surface area contributed by atoms with Crippen LogP contribution in [-0.4, -0.2) is 4.98 Å². The molecule has 1 aromatic heterocycles. The lowest BCUT2D eigenvalue weighted by atomic mass is 9.89. The molecule has 116 valence electrons. The molecule has 1 heterocycles. The van der Waals surface area contributed by atoms with Gasteiger partial charge < -0.3 is 0 Å². The van der Waals surface area contributed by atoms with Crippen LogP contribution in [0.25, 0.3) is 22.3 Å². The molecule has 0 fully saturated rings. The van der Waals surface area contributed by atoms with Crippen molar-refractivity contribution >= 4 is 11.6 Å². The third kappa shape index (κ3) is 3.46. The minimum absolute atomic E-state index is 0.0381. The van der Waals surface area contributed by atoms with Crippen molar-refractivity contribution in [2.45, 2.75) is 26.2 Å². The molecule has 2 aromatic carbocycles. The SMILES string of the molecule is CC(C)(C)c1cc(-c2cccc(-c3ccccc3Cl)c2)ccn1. The van der Waals surface area contributed by atoms with Crippen molar-refractivity contribution in [2.24, 2.45) is 0 Å². The quantitative estimate of drug-likeness (QED) is 0.534. The second kappa shape index (κ2) is 6.17. The van der Waals surface area contributed by atoms with Crippen LogP contribution in [0, 0.1) is 0 Å². The zero-order chi connectivity index (χ0) is 16.4. The molecule has 0 N–H and O–H groups in total. The van der Waals surface area contributed by atoms with Crippen LogP contribution in [0.3, 0.4) is 0 Å². The van der Waals surface area contributed by atoms with Crippen molar-refractivity contribution in [2.75, 3.05) is 0 Å². The highest BCUT2D eigenvalue weighted by atomic mass is 35.5. The summed E-state index contributed by atoms with van der Waals surface area (Å²) >= 11 is 6.33. The zero-order valence-corrected chi connectivity index (χ0v) is 14.4. The van der Waals surface area contributed by atoms with Gasteiger partial charge in [-0.25, -0.2) is 0 Å². The third-order valence-corrected chi connectivity index (χ3v) is 4.24. The Hall–Kier alpha value is -2.12. The van der Waals surface area contributed by atoms with Gasteiger partial charge in [0.25, 0.3) is 0 Å². The second-order valence-corrected chi connectivity index (χ2v) is 7.15. The number of hydrogen-bond acceptors (Lipinski definition) is 1. The van der Waals surface area contributed by atoms with Gasteiger partial charge in [-0.15, -0.1) is 0 Å². The number of hydrogen-bond donors (Lipinski definition) is 0. The fraction of sp³-hybridized carbons (Fsp3) is 0.190. The fourth-order valence-corrected chi connectivity index (χ4v) is 2.83. The van der Waals surface area contributed by atoms with E-state index in [4.69, 9.17) is 11.6 Å². The van der Waals surface area contributed by atoms with Gasteiger partial charge in [0.15, 0.2) is 0 Å². The van der Waals surface area contributed by atoms with Crippen LogP contribution in [0.4, 0.5) is 0 Å². The molecule has 3 aromatic rings. The summed E-state index contributed by atoms with van der Waals surface area (Å²) in [5.74, 6) is 0. The Morgan fingerprint density at radius 1 is 0.783 bits per heavy atom. The largest absolute Gasteiger partial charge is 0.261 e. The minimum atomic E-state index is 0.0381. The number of nitrogens with zero attached hydrogens (tertiary/aromatic N) is 1. The van der Waals surface area contributed by atoms with E-state index in [9.17, 15) is 0 Å². The van der Waals surface area contributed by atoms with Crippen molar-refractivity contribution in [3.63, 3.8) is 0 Å². The summed E-state index contributed by atoms with van der Waals surface area (Å²) in [7, 11) is 0. The highest BCUT2D eigenvalue weighted by molar-refractivity contribution is 6.33. The van der Waals surface area contributed by atoms with E-state index in [1.807, 2.05) is 24.4 Å². The zero-order valence-electron chi connectivity index (χ0n) is 13.7. The summed E-state index contributed by atoms with van der Waals surface area (Å²) in [4.78, 5) is 4.51. The lowest BCUT2D eigenvalue weighted by Crippen LogP contribution is -2.13. The van der Waals surface area contributed by atoms with Gasteiger partial charge in [-0.2, -0.15) is 0 Å². The molecule has 0 unspecified atom stereocenters. The van der Waals surface area contributed by atoms with E-state index >= 15 is 0 Å². The van der Waals surface area contributed by atoms with Crippen molar-refractivity contribution in [3.05, 3.63) is 77.6 Å². The summed E-state index contributed by atoms with van der Waals surface area (Å²) in [6.07, 6.45) is 1.89. The van der Waals surface area contributed by atoms with Crippen LogP contribution in [-0.2, 0) is 5.41 Å². The summed E-state index contributed by atoms with van der Waals surface area (Å²) in [5.41, 5.74) is 5.67. The molecule has 0 atom stereocenters. The second-order valence-electron chi connectivity index (χ2n) is 6.74. The van der Waals surface area contributed by atoms with Gasteiger partial charge in [0.05, 0.1) is 0 Å². The van der Waals surface area contributed by atoms with Crippen molar-refractivity contribution < 1.29 is 0 Å². The number of halogens is 1. The van der Waals surface area contributed by atoms with Gasteiger partial charge in [-0.3, -0.25) is 4.98 Å². The fourth-order valence-electron chi connectivity index (χ4n) is 2.58. The molecule has 0 amide bonds. The number of pyridine rings is 1. The monoisotopic (exact) mass is 321 g/mol. The third-order valence-electron chi connectivity index (χ3n) is 3.91. The Morgan fingerprint density at radius 2 is 1.48 bits per heavy atom. The van der Waals surface area contributed by atoms with Gasteiger partial charge >= 0.3 is 0 Å². The van der Waals surface area contributed by atoms with Crippen LogP contribution >= 0.6 is 11.6 Å². The molecule has 0 aliphatic heterocycles. The highest BCUT2D eigenvalue weighted by Gasteiger charge is 2.16. The van der Waals surface area contributed by atoms with Crippen molar-refractivity contribution in [1.29, 1.82) is 0 Å². The van der Waals surface area contributed by atoms with Crippen LogP contribution in [0.2, 0.25) is 5.02 Å². The first-order valence-electron chi connectivity index (χ1n) is 7.77. The minimum Gasteiger partial charge on any atom is -0.261 e. The number of benzene rings is 2. The average Bonchev–Trinajstić information content (AvgIpc) is 2.55. The Kier molecular flexibility index (Phi) is 4.23. The predicted molar refractivity (Wildman–Crippen MR) is 98.8 cm³/mol. The smallest absolute Gasteiger partial charge is 0.0484 e. The van der Waals surface area contributed by atoms with E-state index in [0.29, 0.717) is 0 Å². The molecule has 3 rings (SSSR count). The lowest BCUT2D eigenvalue weighted by molar-refractivity contribution is 0.569. The molecule has 0 saturated carbocycles. The molecule has 0 aliphatic rings. The maximum atomic E-state index is 6.33. The summed E-state index contributed by atoms with van der Waals surface area (Å²) < 4.78 is 0. The summed E-state index contributed by atoms with van der Waals surface area (Å²) in [6.45, 7) is 6.54. The van der Waals surface area contributed by atoms with Crippen molar-refractivity contribution in [1.82, 2.24) is 4.98 Å². The van der Waals surface area contributed by atoms with E-state index in [2.05, 4.69) is 68.2 Å². The maximum absolute atomic E-state index is 6.33. The Bertz CT molecular complexity index is 831. The molecule has 0 spiro atoms. The first-order chi connectivity index (χ1) is 10.9. The Labute approximate surface area is 143 Å². The molecule has 0 saturated heterocycles. The summed E-state index contributed by atoms with van der Waals surface area (Å²) in [6, 6.07) is 20.6. The first kappa shape index (κ1) is 15.8. The van der Waals surface area contributed by atoms with E-state index in [-0.39, 0.29) is 5.41 Å². The maximum Gasteiger partial charge on any atom is 0.0484 e. The topological polar surface area (TPSA) is 12.9 Å². The van der Waals surface area contributed by atoms with E-state index in [1.54, 1.807) is 0 Å². The number of aromatic nitrogens is 1. The van der Waals surface area contributed by atoms with Crippen LogP contribution < -0.4 is 0 Å². The molecule has 1 nitrogen and oxygen atoms in total. The van der Waals surface area contributed by atoms with Crippen LogP contribution in [0.5, 0.6) is 0 Å². The van der Waals surface area contributed by atoms with Gasteiger partial charge in [0.1, 0.15) is 0 Å². The number of rotatable bonds is 2. The van der Waals surface area contributed by atoms with Gasteiger partial charge in [0.2, 0.25) is 0 Å². The molecule has 0 bridgehead atoms. The predicted octanol–water partition coefficient (Wildman–Crippen LogP) is 6.37. The van der Waals surface area contributed by atoms with Gasteiger partial charge in [0, 0.05) is 27.9 Å². The molecule has 0 radical (unpaired) electrons. The first-order valence-corrected chi connectivity index (χ1v) is 8.15. The Balaban J connectivity index is 2.06. The lowest BCUT2D eigenvalue weighted by Gasteiger charge is -2.18.